The largest absolute Gasteiger partial charge is 0.304 e. The van der Waals surface area contributed by atoms with Crippen LogP contribution in [-0.2, 0) is 20.5 Å². The molecule has 0 aromatic heterocycles. The Morgan fingerprint density at radius 3 is 2.29 bits per heavy atom. The molecule has 0 spiro atoms. The van der Waals surface area contributed by atoms with Crippen LogP contribution >= 0.6 is 0 Å². The third-order valence-electron chi connectivity index (χ3n) is 3.11. The Labute approximate surface area is 101 Å². The van der Waals surface area contributed by atoms with Crippen LogP contribution in [-0.4, -0.2) is 25.7 Å². The number of rotatable bonds is 2. The Morgan fingerprint density at radius 2 is 1.88 bits per heavy atom. The number of hydrogen-bond donors (Lipinski definition) is 1. The first-order valence-corrected chi connectivity index (χ1v) is 6.76. The predicted octanol–water partition coefficient (Wildman–Crippen LogP) is 0.598. The maximum atomic E-state index is 12.2. The molecular weight excluding hydrogens is 240 g/mol. The van der Waals surface area contributed by atoms with Gasteiger partial charge in [-0.25, -0.2) is 4.31 Å². The van der Waals surface area contributed by atoms with E-state index in [1.807, 2.05) is 6.07 Å². The minimum absolute atomic E-state index is 0.374. The number of hydrogen-bond acceptors (Lipinski definition) is 3. The van der Waals surface area contributed by atoms with Gasteiger partial charge in [-0.1, -0.05) is 37.3 Å². The van der Waals surface area contributed by atoms with E-state index in [0.29, 0.717) is 12.0 Å². The Balaban J connectivity index is 2.59. The first-order chi connectivity index (χ1) is 7.94. The first-order valence-electron chi connectivity index (χ1n) is 5.32. The highest BCUT2D eigenvalue weighted by molar-refractivity contribution is 7.88. The third kappa shape index (κ3) is 1.64. The van der Waals surface area contributed by atoms with Gasteiger partial charge in [-0.05, 0) is 12.0 Å². The molecule has 1 atom stereocenters. The third-order valence-corrected chi connectivity index (χ3v) is 4.61. The molecule has 1 aliphatic rings. The second kappa shape index (κ2) is 3.82. The zero-order chi connectivity index (χ0) is 12.7. The van der Waals surface area contributed by atoms with Crippen LogP contribution in [0.2, 0.25) is 0 Å². The molecule has 6 heteroatoms. The second-order valence-corrected chi connectivity index (χ2v) is 5.71. The highest BCUT2D eigenvalue weighted by atomic mass is 32.2. The number of amides is 1. The van der Waals surface area contributed by atoms with Gasteiger partial charge in [0.15, 0.2) is 0 Å². The molecular formula is C11H14N2O3S. The lowest BCUT2D eigenvalue weighted by Gasteiger charge is -2.24. The van der Waals surface area contributed by atoms with Gasteiger partial charge in [0, 0.05) is 7.05 Å². The fraction of sp³-hybridized carbons (Fsp3) is 0.364. The quantitative estimate of drug-likeness (QED) is 0.840. The number of nitrogens with zero attached hydrogens (tertiary/aromatic N) is 1. The average Bonchev–Trinajstić information content (AvgIpc) is 2.52. The zero-order valence-electron chi connectivity index (χ0n) is 9.67. The second-order valence-electron chi connectivity index (χ2n) is 4.00. The Morgan fingerprint density at radius 1 is 1.29 bits per heavy atom. The van der Waals surface area contributed by atoms with Gasteiger partial charge in [0.05, 0.1) is 0 Å². The maximum Gasteiger partial charge on any atom is 0.304 e. The number of benzene rings is 1. The fourth-order valence-electron chi connectivity index (χ4n) is 2.04. The fourth-order valence-corrected chi connectivity index (χ4v) is 3.34. The van der Waals surface area contributed by atoms with Gasteiger partial charge in [-0.15, -0.1) is 0 Å². The van der Waals surface area contributed by atoms with Gasteiger partial charge in [-0.2, -0.15) is 13.1 Å². The summed E-state index contributed by atoms with van der Waals surface area (Å²) in [5.74, 6) is -0.439. The van der Waals surface area contributed by atoms with E-state index < -0.39 is 21.7 Å². The number of likely N-dealkylation sites (N-methyl/N-ethyl adjacent to an activating group) is 1. The molecule has 0 aliphatic carbocycles. The van der Waals surface area contributed by atoms with Crippen molar-refractivity contribution in [2.24, 2.45) is 0 Å². The summed E-state index contributed by atoms with van der Waals surface area (Å²) in [5, 5.41) is 0. The summed E-state index contributed by atoms with van der Waals surface area (Å²) in [6.45, 7) is 1.78. The van der Waals surface area contributed by atoms with Crippen LogP contribution in [0.5, 0.6) is 0 Å². The van der Waals surface area contributed by atoms with Crippen molar-refractivity contribution in [2.45, 2.75) is 18.9 Å². The van der Waals surface area contributed by atoms with Crippen LogP contribution in [0.3, 0.4) is 0 Å². The van der Waals surface area contributed by atoms with E-state index in [0.717, 1.165) is 4.31 Å². The number of nitrogens with one attached hydrogen (secondary N) is 1. The Bertz CT molecular complexity index is 541. The molecule has 0 radical (unpaired) electrons. The molecule has 1 fully saturated rings. The molecule has 1 aliphatic heterocycles. The van der Waals surface area contributed by atoms with Crippen LogP contribution < -0.4 is 4.72 Å². The molecule has 1 amide bonds. The van der Waals surface area contributed by atoms with Crippen LogP contribution in [0.1, 0.15) is 18.9 Å². The summed E-state index contributed by atoms with van der Waals surface area (Å²) in [7, 11) is -2.44. The molecule has 5 nitrogen and oxygen atoms in total. The zero-order valence-corrected chi connectivity index (χ0v) is 10.5. The van der Waals surface area contributed by atoms with E-state index in [2.05, 4.69) is 4.72 Å². The summed E-state index contributed by atoms with van der Waals surface area (Å²) in [6.07, 6.45) is 0.374. The van der Waals surface area contributed by atoms with Crippen molar-refractivity contribution in [3.8, 4) is 0 Å². The van der Waals surface area contributed by atoms with E-state index in [-0.39, 0.29) is 0 Å². The molecule has 2 rings (SSSR count). The maximum absolute atomic E-state index is 12.2. The van der Waals surface area contributed by atoms with E-state index in [9.17, 15) is 13.2 Å². The molecule has 92 valence electrons. The van der Waals surface area contributed by atoms with Gasteiger partial charge in [0.2, 0.25) is 0 Å². The standard InChI is InChI=1S/C11H14N2O3S/c1-3-11(9-7-5-4-6-8-9)10(14)13(2)17(15,16)12-11/h4-8,12H,3H2,1-2H3. The summed E-state index contributed by atoms with van der Waals surface area (Å²) in [4.78, 5) is 12.2. The minimum Gasteiger partial charge on any atom is -0.271 e. The number of carbonyl (C=O) groups is 1. The van der Waals surface area contributed by atoms with E-state index in [4.69, 9.17) is 0 Å². The van der Waals surface area contributed by atoms with E-state index >= 15 is 0 Å². The van der Waals surface area contributed by atoms with Gasteiger partial charge in [0.25, 0.3) is 5.91 Å². The van der Waals surface area contributed by atoms with Gasteiger partial charge < -0.3 is 0 Å². The molecule has 0 saturated carbocycles. The van der Waals surface area contributed by atoms with Crippen molar-refractivity contribution in [3.05, 3.63) is 35.9 Å². The highest BCUT2D eigenvalue weighted by Gasteiger charge is 2.53. The Kier molecular flexibility index (Phi) is 2.71. The van der Waals surface area contributed by atoms with Crippen molar-refractivity contribution < 1.29 is 13.2 Å². The molecule has 0 bridgehead atoms. The first kappa shape index (κ1) is 12.1. The lowest BCUT2D eigenvalue weighted by atomic mass is 9.87. The topological polar surface area (TPSA) is 66.5 Å². The van der Waals surface area contributed by atoms with Crippen LogP contribution in [0.15, 0.2) is 30.3 Å². The van der Waals surface area contributed by atoms with Gasteiger partial charge >= 0.3 is 10.2 Å². The molecule has 1 aromatic rings. The van der Waals surface area contributed by atoms with Crippen molar-refractivity contribution in [1.29, 1.82) is 0 Å². The van der Waals surface area contributed by atoms with Crippen molar-refractivity contribution in [2.75, 3.05) is 7.05 Å². The van der Waals surface area contributed by atoms with Crippen LogP contribution in [0.4, 0.5) is 0 Å². The van der Waals surface area contributed by atoms with Gasteiger partial charge in [0.1, 0.15) is 5.54 Å². The molecule has 1 saturated heterocycles. The monoisotopic (exact) mass is 254 g/mol. The number of carbonyl (C=O) groups excluding carboxylic acids is 1. The lowest BCUT2D eigenvalue weighted by Crippen LogP contribution is -2.43. The summed E-state index contributed by atoms with van der Waals surface area (Å²) < 4.78 is 26.7. The van der Waals surface area contributed by atoms with Crippen molar-refractivity contribution in [3.63, 3.8) is 0 Å². The smallest absolute Gasteiger partial charge is 0.271 e. The Hall–Kier alpha value is -1.40. The molecule has 1 unspecified atom stereocenters. The summed E-state index contributed by atoms with van der Waals surface area (Å²) in [6, 6.07) is 8.90. The van der Waals surface area contributed by atoms with Crippen LogP contribution in [0.25, 0.3) is 0 Å². The molecule has 1 heterocycles. The molecule has 17 heavy (non-hydrogen) atoms. The normalized spacial score (nSPS) is 27.4. The summed E-state index contributed by atoms with van der Waals surface area (Å²) >= 11 is 0. The molecule has 1 N–H and O–H groups in total. The molecule has 1 aromatic carbocycles. The van der Waals surface area contributed by atoms with E-state index in [1.165, 1.54) is 7.05 Å². The lowest BCUT2D eigenvalue weighted by molar-refractivity contribution is -0.130. The summed E-state index contributed by atoms with van der Waals surface area (Å²) in [5.41, 5.74) is -0.491. The SMILES string of the molecule is CCC1(c2ccccc2)NS(=O)(=O)N(C)C1=O. The minimum atomic E-state index is -3.71. The van der Waals surface area contributed by atoms with Gasteiger partial charge in [-0.3, -0.25) is 4.79 Å². The van der Waals surface area contributed by atoms with Crippen molar-refractivity contribution >= 4 is 16.1 Å². The highest BCUT2D eigenvalue weighted by Crippen LogP contribution is 2.33. The average molecular weight is 254 g/mol. The predicted molar refractivity (Wildman–Crippen MR) is 63.2 cm³/mol. The van der Waals surface area contributed by atoms with Crippen molar-refractivity contribution in [1.82, 2.24) is 9.03 Å². The van der Waals surface area contributed by atoms with Crippen LogP contribution in [0, 0.1) is 0 Å². The van der Waals surface area contributed by atoms with E-state index in [1.54, 1.807) is 31.2 Å².